The molecule has 0 atom stereocenters. The maximum absolute atomic E-state index is 10.6. The number of nitrogens with zero attached hydrogens (tertiary/aromatic N) is 4. The molecule has 0 unspecified atom stereocenters. The summed E-state index contributed by atoms with van der Waals surface area (Å²) in [6.45, 7) is 4.68. The highest BCUT2D eigenvalue weighted by atomic mass is 32.2. The quantitative estimate of drug-likeness (QED) is 0.667. The lowest BCUT2D eigenvalue weighted by atomic mass is 10.1. The Balaban J connectivity index is 0.00000100. The Labute approximate surface area is 144 Å². The molecule has 0 aliphatic rings. The van der Waals surface area contributed by atoms with Crippen LogP contribution >= 0.6 is 11.8 Å². The molecule has 3 rings (SSSR count). The third-order valence-electron chi connectivity index (χ3n) is 2.89. The maximum atomic E-state index is 10.6. The van der Waals surface area contributed by atoms with Crippen LogP contribution in [0.1, 0.15) is 19.4 Å². The van der Waals surface area contributed by atoms with Gasteiger partial charge in [0.2, 0.25) is 5.16 Å². The van der Waals surface area contributed by atoms with Crippen LogP contribution in [0.2, 0.25) is 0 Å². The standard InChI is InChI=1S/C14H13N5O2S.C2H6/c20-12(21)9-22-14-16-13(17-18-14)11-4-1-3-10(7-11)8-19-6-2-5-15-19;1-2/h1-7H,8-9H2,(H,20,21)(H,16,17,18);1-2H3. The molecule has 7 nitrogen and oxygen atoms in total. The third-order valence-corrected chi connectivity index (χ3v) is 3.73. The Morgan fingerprint density at radius 3 is 2.88 bits per heavy atom. The van der Waals surface area contributed by atoms with E-state index in [0.29, 0.717) is 17.5 Å². The van der Waals surface area contributed by atoms with Crippen molar-refractivity contribution in [1.82, 2.24) is 25.0 Å². The van der Waals surface area contributed by atoms with E-state index >= 15 is 0 Å². The highest BCUT2D eigenvalue weighted by Gasteiger charge is 2.08. The SMILES string of the molecule is CC.O=C(O)CSc1n[nH]c(-c2cccc(Cn3cccn3)c2)n1. The Kier molecular flexibility index (Phi) is 6.56. The van der Waals surface area contributed by atoms with Crippen LogP contribution in [-0.2, 0) is 11.3 Å². The molecular weight excluding hydrogens is 326 g/mol. The van der Waals surface area contributed by atoms with Gasteiger partial charge in [0.15, 0.2) is 5.82 Å². The molecule has 2 N–H and O–H groups in total. The molecule has 126 valence electrons. The van der Waals surface area contributed by atoms with E-state index in [-0.39, 0.29) is 5.75 Å². The summed E-state index contributed by atoms with van der Waals surface area (Å²) < 4.78 is 1.84. The summed E-state index contributed by atoms with van der Waals surface area (Å²) in [6.07, 6.45) is 3.65. The van der Waals surface area contributed by atoms with Crippen molar-refractivity contribution in [2.45, 2.75) is 25.5 Å². The first-order chi connectivity index (χ1) is 11.7. The molecule has 0 saturated carbocycles. The highest BCUT2D eigenvalue weighted by molar-refractivity contribution is 7.99. The summed E-state index contributed by atoms with van der Waals surface area (Å²) >= 11 is 1.08. The minimum absolute atomic E-state index is 0.0589. The number of hydrogen-bond donors (Lipinski definition) is 2. The molecule has 0 radical (unpaired) electrons. The van der Waals surface area contributed by atoms with E-state index in [9.17, 15) is 4.79 Å². The van der Waals surface area contributed by atoms with Gasteiger partial charge in [-0.05, 0) is 17.7 Å². The summed E-state index contributed by atoms with van der Waals surface area (Å²) in [6, 6.07) is 9.78. The first-order valence-corrected chi connectivity index (χ1v) is 8.53. The number of aromatic amines is 1. The number of hydrogen-bond acceptors (Lipinski definition) is 5. The van der Waals surface area contributed by atoms with Gasteiger partial charge in [0.25, 0.3) is 0 Å². The monoisotopic (exact) mass is 345 g/mol. The van der Waals surface area contributed by atoms with E-state index in [4.69, 9.17) is 5.11 Å². The minimum Gasteiger partial charge on any atom is -0.481 e. The van der Waals surface area contributed by atoms with Crippen molar-refractivity contribution >= 4 is 17.7 Å². The number of H-pyrrole nitrogens is 1. The smallest absolute Gasteiger partial charge is 0.313 e. The first kappa shape index (κ1) is 17.7. The number of carboxylic acid groups (broad SMARTS) is 1. The van der Waals surface area contributed by atoms with Crippen molar-refractivity contribution in [2.24, 2.45) is 0 Å². The fourth-order valence-electron chi connectivity index (χ4n) is 1.96. The van der Waals surface area contributed by atoms with Gasteiger partial charge >= 0.3 is 5.97 Å². The van der Waals surface area contributed by atoms with Crippen LogP contribution in [0.4, 0.5) is 0 Å². The molecule has 8 heteroatoms. The summed E-state index contributed by atoms with van der Waals surface area (Å²) in [5, 5.41) is 20.1. The number of carbonyl (C=O) groups is 1. The molecule has 0 saturated heterocycles. The minimum atomic E-state index is -0.891. The first-order valence-electron chi connectivity index (χ1n) is 7.54. The van der Waals surface area contributed by atoms with Crippen molar-refractivity contribution in [2.75, 3.05) is 5.75 Å². The highest BCUT2D eigenvalue weighted by Crippen LogP contribution is 2.20. The second-order valence-electron chi connectivity index (χ2n) is 4.55. The normalized spacial score (nSPS) is 10.1. The lowest BCUT2D eigenvalue weighted by Crippen LogP contribution is -1.99. The number of rotatable bonds is 6. The fourth-order valence-corrected chi connectivity index (χ4v) is 2.48. The Morgan fingerprint density at radius 1 is 1.33 bits per heavy atom. The Bertz CT molecular complexity index is 770. The van der Waals surface area contributed by atoms with Crippen LogP contribution in [0.3, 0.4) is 0 Å². The van der Waals surface area contributed by atoms with Crippen molar-refractivity contribution < 1.29 is 9.90 Å². The number of nitrogens with one attached hydrogen (secondary N) is 1. The largest absolute Gasteiger partial charge is 0.481 e. The number of thioether (sulfide) groups is 1. The average molecular weight is 345 g/mol. The Hall–Kier alpha value is -2.61. The molecule has 1 aromatic carbocycles. The lowest BCUT2D eigenvalue weighted by molar-refractivity contribution is -0.133. The zero-order valence-corrected chi connectivity index (χ0v) is 14.3. The number of benzene rings is 1. The number of carboxylic acids is 1. The van der Waals surface area contributed by atoms with E-state index < -0.39 is 5.97 Å². The van der Waals surface area contributed by atoms with E-state index in [2.05, 4.69) is 20.3 Å². The van der Waals surface area contributed by atoms with Gasteiger partial charge in [-0.3, -0.25) is 14.6 Å². The van der Waals surface area contributed by atoms with Crippen LogP contribution in [0.25, 0.3) is 11.4 Å². The van der Waals surface area contributed by atoms with Gasteiger partial charge in [-0.1, -0.05) is 43.8 Å². The predicted molar refractivity (Wildman–Crippen MR) is 92.9 cm³/mol. The molecule has 2 heterocycles. The molecule has 0 spiro atoms. The molecule has 0 bridgehead atoms. The molecule has 24 heavy (non-hydrogen) atoms. The van der Waals surface area contributed by atoms with Crippen molar-refractivity contribution in [3.8, 4) is 11.4 Å². The van der Waals surface area contributed by atoms with E-state index in [0.717, 1.165) is 22.9 Å². The summed E-state index contributed by atoms with van der Waals surface area (Å²) in [7, 11) is 0. The van der Waals surface area contributed by atoms with E-state index in [1.54, 1.807) is 6.20 Å². The molecular formula is C16H19N5O2S. The van der Waals surface area contributed by atoms with E-state index in [1.807, 2.05) is 55.1 Å². The molecule has 2 aromatic heterocycles. The second kappa shape index (κ2) is 8.88. The lowest BCUT2D eigenvalue weighted by Gasteiger charge is -2.03. The fraction of sp³-hybridized carbons (Fsp3) is 0.250. The van der Waals surface area contributed by atoms with Gasteiger partial charge in [0.1, 0.15) is 0 Å². The summed E-state index contributed by atoms with van der Waals surface area (Å²) in [5.74, 6) is -0.329. The molecule has 3 aromatic rings. The van der Waals surface area contributed by atoms with Crippen LogP contribution in [0.15, 0.2) is 47.9 Å². The molecule has 0 aliphatic heterocycles. The predicted octanol–water partition coefficient (Wildman–Crippen LogP) is 2.92. The van der Waals surface area contributed by atoms with Crippen LogP contribution in [-0.4, -0.2) is 41.8 Å². The Morgan fingerprint density at radius 2 is 2.17 bits per heavy atom. The van der Waals surface area contributed by atoms with Crippen LogP contribution in [0.5, 0.6) is 0 Å². The van der Waals surface area contributed by atoms with Gasteiger partial charge in [-0.2, -0.15) is 5.10 Å². The number of aliphatic carboxylic acids is 1. The summed E-state index contributed by atoms with van der Waals surface area (Å²) in [5.41, 5.74) is 2.00. The van der Waals surface area contributed by atoms with Crippen LogP contribution in [0, 0.1) is 0 Å². The van der Waals surface area contributed by atoms with Gasteiger partial charge in [-0.25, -0.2) is 4.98 Å². The summed E-state index contributed by atoms with van der Waals surface area (Å²) in [4.78, 5) is 14.9. The average Bonchev–Trinajstić information content (AvgIpc) is 3.27. The van der Waals surface area contributed by atoms with Crippen molar-refractivity contribution in [3.63, 3.8) is 0 Å². The zero-order valence-electron chi connectivity index (χ0n) is 13.5. The van der Waals surface area contributed by atoms with Gasteiger partial charge in [0.05, 0.1) is 12.3 Å². The topological polar surface area (TPSA) is 96.7 Å². The van der Waals surface area contributed by atoms with Gasteiger partial charge in [0, 0.05) is 18.0 Å². The van der Waals surface area contributed by atoms with E-state index in [1.165, 1.54) is 0 Å². The van der Waals surface area contributed by atoms with Crippen molar-refractivity contribution in [3.05, 3.63) is 48.3 Å². The molecule has 0 amide bonds. The van der Waals surface area contributed by atoms with Gasteiger partial charge < -0.3 is 5.11 Å². The third kappa shape index (κ3) is 4.95. The van der Waals surface area contributed by atoms with Crippen molar-refractivity contribution in [1.29, 1.82) is 0 Å². The number of aromatic nitrogens is 5. The van der Waals surface area contributed by atoms with Crippen LogP contribution < -0.4 is 0 Å². The van der Waals surface area contributed by atoms with Gasteiger partial charge in [-0.15, -0.1) is 5.10 Å². The second-order valence-corrected chi connectivity index (χ2v) is 5.50. The zero-order chi connectivity index (χ0) is 17.4. The molecule has 0 fully saturated rings. The maximum Gasteiger partial charge on any atom is 0.313 e. The molecule has 0 aliphatic carbocycles.